The van der Waals surface area contributed by atoms with Gasteiger partial charge in [-0.25, -0.2) is 0 Å². The van der Waals surface area contributed by atoms with E-state index in [1.165, 1.54) is 0 Å². The molecule has 0 aliphatic carbocycles. The Balaban J connectivity index is 0.000000317. The molecule has 0 radical (unpaired) electrons. The van der Waals surface area contributed by atoms with Crippen LogP contribution >= 0.6 is 82.1 Å². The van der Waals surface area contributed by atoms with Gasteiger partial charge in [0.25, 0.3) is 41.2 Å². The van der Waals surface area contributed by atoms with Crippen LogP contribution in [0.3, 0.4) is 0 Å². The molecule has 0 amide bonds. The summed E-state index contributed by atoms with van der Waals surface area (Å²) in [6, 6.07) is 0. The average molecular weight is 2300 g/mol. The van der Waals surface area contributed by atoms with Crippen molar-refractivity contribution >= 4 is 123 Å². The van der Waals surface area contributed by atoms with Crippen molar-refractivity contribution in [3.63, 3.8) is 0 Å². The number of aromatic nitrogens is 14. The smallest absolute Gasteiger partial charge is 0.270 e. The SMILES string of the molecule is [2H]C([2H])(NC(C)(C)C)[C@H](O)COc1nsnc1N1C([2H])([2H])C([2H])([2H])OC([2H])([2H])C1([2H])[2H].[2H]C([2H])(Oc1nsnc1N1C([2H])([2H])C([2H])([2H])OC([2H])([2H])C1([2H])[2H])[C@@H](O)CNC(C)(C)C.[2H]C1([2H])CN(c2nsnc2OC([2H])([2H])[C@@H](O)C([2H])([2H])NC(C)(C([2H])([2H])[2H])C([2H])([2H])[2H])CC([2H])([2H])O1.[2H]C1([2H])CN(c2nsnc2OC([2H])([2H])[C@@]([2H])(O)C([2H])([2H])NC(C)(C([2H])([2H])[2H])C([2H])([2H])[2H])CC([2H])([2H])O1.[2H]C1([2H])CN(c2nsnc2OC([2H])([2H])[C@@]([2H])(O)CNC(C)(C([2H])([2H])[2H])C([2H])([2H])[2H])CC([2H])([2H])O1.[2H]C1([2H])CN(c2nsnc2OC[C@@]([2H])(O)C([2H])([2H])NC(C)(C([2H])([2H])[2H])C([2H])([2H])[2H])CC([2H])([2H])O1.[2H]C1([2H])OC([2H])([2H])C([2H])([2H])N(c2nsnc2OC[C@@H](O)CNC(C)(C)C)C1([2H])[2H]. The van der Waals surface area contributed by atoms with Gasteiger partial charge in [-0.2, -0.15) is 30.6 Å². The number of rotatable bonds is 42. The molecule has 7 saturated heterocycles. The quantitative estimate of drug-likeness (QED) is 0.0260. The molecule has 7 aliphatic heterocycles. The standard InChI is InChI=1S/7C13H24N4O3S/c7*1-13(2,3)14-8-10(18)9-20-12-11(15-21-16-12)17-4-6-19-7-5-17/h7*10,14,18H,4-9H2,1-3H3/t7*10-/m0000000/s1/i1D3,2D3,6D2,7D2,8D2,9D2,10D;1D3,2D3,6D2,7D2,9D2,10D;1D3,2D3,6D2,7D2,8D2,10D;1D3,2D3,6D2,7D2,8D2,9D2;4D2,5D2,6D2,7D2,9D2;4D2,5D2,6D2,7D2,8D2;4D2,5D2,6D2,7D2. The first-order valence-electron chi connectivity index (χ1n) is 83.2. The number of nitrogens with one attached hydrogen (secondary N) is 7. The highest BCUT2D eigenvalue weighted by atomic mass is 32.1. The Kier molecular flexibility index (Phi) is 22.5. The molecule has 14 rings (SSSR count). The number of hydrogen-bond donors (Lipinski definition) is 14. The Hall–Kier alpha value is -6.72. The molecule has 147 heavy (non-hydrogen) atoms. The maximum atomic E-state index is 10.6. The van der Waals surface area contributed by atoms with Crippen LogP contribution in [-0.2, 0) is 33.2 Å². The molecular weight excluding hydrogens is 2050 g/mol. The van der Waals surface area contributed by atoms with Crippen molar-refractivity contribution < 1.29 is 216 Å². The van der Waals surface area contributed by atoms with Gasteiger partial charge in [0, 0.05) is 220 Å². The predicted molar refractivity (Wildman–Crippen MR) is 575 cm³/mol. The Bertz CT molecular complexity index is 8410. The van der Waals surface area contributed by atoms with Crippen molar-refractivity contribution in [1.82, 2.24) is 98.4 Å². The highest BCUT2D eigenvalue weighted by molar-refractivity contribution is 7.01. The van der Waals surface area contributed by atoms with E-state index in [1.807, 2.05) is 20.8 Å². The van der Waals surface area contributed by atoms with Gasteiger partial charge in [-0.15, -0.1) is 30.6 Å². The molecule has 14 heterocycles. The number of ether oxygens (including phenoxy) is 14. The normalized spacial score (nSPS) is 35.1. The molecule has 7 atom stereocenters. The average Bonchev–Trinajstić information content (AvgIpc) is 1.26. The van der Waals surface area contributed by atoms with Gasteiger partial charge < -0.3 is 174 Å². The zero-order valence-electron chi connectivity index (χ0n) is 163. The third kappa shape index (κ3) is 52.2. The minimum absolute atomic E-state index is 0.0399. The van der Waals surface area contributed by atoms with Crippen LogP contribution in [0.25, 0.3) is 0 Å². The summed E-state index contributed by atoms with van der Waals surface area (Å²) in [5.41, 5.74) is -12.7. The second-order valence-corrected chi connectivity index (χ2v) is 36.0. The summed E-state index contributed by atoms with van der Waals surface area (Å²) in [5.74, 6) is -7.13. The molecule has 840 valence electrons. The Labute approximate surface area is 1010 Å². The van der Waals surface area contributed by atoms with Crippen LogP contribution in [0.1, 0.15) is 259 Å². The van der Waals surface area contributed by atoms with Crippen LogP contribution in [0.4, 0.5) is 40.7 Å². The molecule has 7 aromatic heterocycles. The molecule has 7 fully saturated rings. The molecule has 0 bridgehead atoms. The monoisotopic (exact) mass is 2300 g/mol. The minimum Gasteiger partial charge on any atom is -0.472 e. The van der Waals surface area contributed by atoms with Crippen LogP contribution in [0.15, 0.2) is 0 Å². The van der Waals surface area contributed by atoms with Crippen molar-refractivity contribution in [1.29, 1.82) is 0 Å². The number of hydrogen-bond acceptors (Lipinski definition) is 56. The molecule has 0 unspecified atom stereocenters. The van der Waals surface area contributed by atoms with Gasteiger partial charge in [-0.1, -0.05) is 0 Å². The van der Waals surface area contributed by atoms with E-state index in [-0.39, 0.29) is 69.1 Å². The van der Waals surface area contributed by atoms with E-state index >= 15 is 0 Å². The van der Waals surface area contributed by atoms with E-state index in [4.69, 9.17) is 156 Å². The summed E-state index contributed by atoms with van der Waals surface area (Å²) in [4.78, 5) is 4.52. The lowest BCUT2D eigenvalue weighted by molar-refractivity contribution is 0.0974. The summed E-state index contributed by atoms with van der Waals surface area (Å²) >= 11 is 3.37. The van der Waals surface area contributed by atoms with Crippen LogP contribution in [0, 0.1) is 0 Å². The lowest BCUT2D eigenvalue weighted by Gasteiger charge is -2.27. The maximum Gasteiger partial charge on any atom is 0.270 e. The lowest BCUT2D eigenvalue weighted by atomic mass is 10.1. The Morgan fingerprint density at radius 2 is 0.497 bits per heavy atom. The first-order chi connectivity index (χ1) is 101. The molecule has 0 aromatic carbocycles. The van der Waals surface area contributed by atoms with Gasteiger partial charge >= 0.3 is 0 Å². The van der Waals surface area contributed by atoms with E-state index < -0.39 is 439 Å². The number of anilines is 7. The Morgan fingerprint density at radius 3 is 0.816 bits per heavy atom. The largest absolute Gasteiger partial charge is 0.472 e. The highest BCUT2D eigenvalue weighted by Crippen LogP contribution is 2.34. The van der Waals surface area contributed by atoms with Crippen molar-refractivity contribution in [2.45, 2.75) is 226 Å². The summed E-state index contributed by atoms with van der Waals surface area (Å²) in [7, 11) is 0. The van der Waals surface area contributed by atoms with E-state index in [0.29, 0.717) is 95.9 Å². The van der Waals surface area contributed by atoms with Gasteiger partial charge in [-0.05, 0) is 145 Å². The maximum absolute atomic E-state index is 10.6. The van der Waals surface area contributed by atoms with E-state index in [0.717, 1.165) is 33.4 Å². The predicted octanol–water partition coefficient (Wildman–Crippen LogP) is 3.52. The second-order valence-electron chi connectivity index (χ2n) is 32.3. The van der Waals surface area contributed by atoms with E-state index in [2.05, 4.69) is 106 Å². The van der Waals surface area contributed by atoms with Crippen LogP contribution in [0.5, 0.6) is 41.2 Å². The molecule has 0 saturated carbocycles. The number of nitrogens with zero attached hydrogens (tertiary/aromatic N) is 21. The lowest BCUT2D eigenvalue weighted by Crippen LogP contribution is -2.42. The first-order valence-corrected chi connectivity index (χ1v) is 46.8. The van der Waals surface area contributed by atoms with Crippen molar-refractivity contribution in [2.24, 2.45) is 0 Å². The summed E-state index contributed by atoms with van der Waals surface area (Å²) in [6.45, 7) is -99.1. The highest BCUT2D eigenvalue weighted by Gasteiger charge is 2.31. The topological polar surface area (TPSA) is 558 Å². The van der Waals surface area contributed by atoms with Crippen molar-refractivity contribution in [2.75, 3.05) is 309 Å². The number of aliphatic hydroxyl groups is 7. The number of β-amino-alcohol motifs (C(OH)–C–C–N with tert-alkyl or cyclic N) is 7. The molecule has 0 spiro atoms. The fourth-order valence-electron chi connectivity index (χ4n) is 8.90. The zero-order valence-corrected chi connectivity index (χ0v) is 85.5. The van der Waals surface area contributed by atoms with Gasteiger partial charge in [-0.3, -0.25) is 0 Å². The molecule has 7 aromatic rings. The van der Waals surface area contributed by atoms with Gasteiger partial charge in [0.15, 0.2) is 0 Å². The number of morpholine rings is 7. The molecule has 14 N–H and O–H groups in total. The summed E-state index contributed by atoms with van der Waals surface area (Å²) < 4.78 is 766. The van der Waals surface area contributed by atoms with E-state index in [9.17, 15) is 35.7 Å². The molecule has 7 aliphatic rings. The van der Waals surface area contributed by atoms with Gasteiger partial charge in [0.05, 0.1) is 244 Å². The van der Waals surface area contributed by atoms with Gasteiger partial charge in [0.2, 0.25) is 40.7 Å². The minimum atomic E-state index is -4.01. The second kappa shape index (κ2) is 64.4. The first kappa shape index (κ1) is 51.3. The Morgan fingerprint density at radius 1 is 0.265 bits per heavy atom. The summed E-state index contributed by atoms with van der Waals surface area (Å²) in [5, 5.41) is 88.0. The fraction of sp³-hybridized carbons (Fsp3) is 0.846. The van der Waals surface area contributed by atoms with E-state index in [1.54, 1.807) is 57.5 Å². The van der Waals surface area contributed by atoms with Crippen LogP contribution < -0.4 is 105 Å². The van der Waals surface area contributed by atoms with Crippen molar-refractivity contribution in [3.05, 3.63) is 0 Å². The van der Waals surface area contributed by atoms with Gasteiger partial charge in [0.1, 0.15) is 88.7 Å². The molecular formula is C91H168N28O21S7. The van der Waals surface area contributed by atoms with Crippen molar-refractivity contribution in [3.8, 4) is 41.2 Å². The number of aliphatic hydroxyl groups excluding tert-OH is 4. The van der Waals surface area contributed by atoms with Crippen LogP contribution in [-0.4, -0.2) is 453 Å². The molecule has 49 nitrogen and oxygen atoms in total. The zero-order chi connectivity index (χ0) is 180. The summed E-state index contributed by atoms with van der Waals surface area (Å²) in [6.07, 6.45) is -17.7. The third-order valence-corrected chi connectivity index (χ3v) is 18.8. The molecule has 56 heteroatoms. The van der Waals surface area contributed by atoms with Crippen LogP contribution in [0.2, 0.25) is 0 Å². The third-order valence-electron chi connectivity index (χ3n) is 15.3. The fourth-order valence-corrected chi connectivity index (χ4v) is 12.4.